The Labute approximate surface area is 54.2 Å². The van der Waals surface area contributed by atoms with Gasteiger partial charge in [-0.25, -0.2) is 0 Å². The van der Waals surface area contributed by atoms with Crippen molar-refractivity contribution in [1.29, 1.82) is 0 Å². The van der Waals surface area contributed by atoms with E-state index < -0.39 is 13.0 Å². The standard InChI is InChI=1S/C3H4F3N3O/c4-3(5,6)10-2-1-8-9-7/h1-2H2. The summed E-state index contributed by atoms with van der Waals surface area (Å²) < 4.78 is 36.6. The van der Waals surface area contributed by atoms with E-state index >= 15 is 0 Å². The molecule has 0 aromatic heterocycles. The molecule has 0 aliphatic rings. The SMILES string of the molecule is [N-]=[N+]=NCCOC(F)(F)F. The lowest BCUT2D eigenvalue weighted by Gasteiger charge is -2.03. The van der Waals surface area contributed by atoms with Gasteiger partial charge in [-0.1, -0.05) is 5.11 Å². The third-order valence-corrected chi connectivity index (χ3v) is 0.520. The van der Waals surface area contributed by atoms with Crippen molar-refractivity contribution in [2.75, 3.05) is 13.2 Å². The predicted octanol–water partition coefficient (Wildman–Crippen LogP) is 1.83. The summed E-state index contributed by atoms with van der Waals surface area (Å²) in [6.45, 7) is -0.941. The summed E-state index contributed by atoms with van der Waals surface area (Å²) in [5.74, 6) is 0. The van der Waals surface area contributed by atoms with Crippen LogP contribution < -0.4 is 0 Å². The fourth-order valence-electron chi connectivity index (χ4n) is 0.247. The summed E-state index contributed by atoms with van der Waals surface area (Å²) >= 11 is 0. The lowest BCUT2D eigenvalue weighted by molar-refractivity contribution is -0.323. The molecule has 0 amide bonds. The van der Waals surface area contributed by atoms with Gasteiger partial charge in [-0.05, 0) is 5.53 Å². The maximum absolute atomic E-state index is 11.1. The van der Waals surface area contributed by atoms with Crippen molar-refractivity contribution in [3.05, 3.63) is 10.4 Å². The van der Waals surface area contributed by atoms with Crippen LogP contribution in [-0.4, -0.2) is 19.5 Å². The van der Waals surface area contributed by atoms with Crippen molar-refractivity contribution in [1.82, 2.24) is 0 Å². The van der Waals surface area contributed by atoms with Crippen LogP contribution in [0, 0.1) is 0 Å². The fourth-order valence-corrected chi connectivity index (χ4v) is 0.247. The third-order valence-electron chi connectivity index (χ3n) is 0.520. The minimum absolute atomic E-state index is 0.310. The van der Waals surface area contributed by atoms with Crippen LogP contribution in [0.4, 0.5) is 13.2 Å². The number of rotatable bonds is 3. The van der Waals surface area contributed by atoms with Gasteiger partial charge in [-0.3, -0.25) is 4.74 Å². The molecule has 0 bridgehead atoms. The van der Waals surface area contributed by atoms with Gasteiger partial charge in [0.25, 0.3) is 0 Å². The molecule has 0 heterocycles. The lowest BCUT2D eigenvalue weighted by Crippen LogP contribution is -2.15. The molecule has 0 aliphatic carbocycles. The van der Waals surface area contributed by atoms with Crippen molar-refractivity contribution >= 4 is 0 Å². The van der Waals surface area contributed by atoms with Gasteiger partial charge in [-0.2, -0.15) is 0 Å². The largest absolute Gasteiger partial charge is 0.522 e. The summed E-state index contributed by atoms with van der Waals surface area (Å²) in [6.07, 6.45) is -4.63. The molecule has 10 heavy (non-hydrogen) atoms. The van der Waals surface area contributed by atoms with Crippen LogP contribution in [-0.2, 0) is 4.74 Å². The monoisotopic (exact) mass is 155 g/mol. The molecule has 0 rings (SSSR count). The average molecular weight is 155 g/mol. The van der Waals surface area contributed by atoms with Gasteiger partial charge < -0.3 is 0 Å². The molecule has 0 saturated heterocycles. The van der Waals surface area contributed by atoms with Crippen molar-refractivity contribution in [3.8, 4) is 0 Å². The van der Waals surface area contributed by atoms with Gasteiger partial charge in [0.15, 0.2) is 0 Å². The molecule has 0 aliphatic heterocycles. The Bertz CT molecular complexity index is 138. The number of azide groups is 1. The van der Waals surface area contributed by atoms with E-state index in [1.54, 1.807) is 0 Å². The highest BCUT2D eigenvalue weighted by atomic mass is 19.4. The second kappa shape index (κ2) is 3.97. The van der Waals surface area contributed by atoms with Crippen LogP contribution in [0.5, 0.6) is 0 Å². The van der Waals surface area contributed by atoms with Crippen molar-refractivity contribution < 1.29 is 17.9 Å². The van der Waals surface area contributed by atoms with E-state index in [0.717, 1.165) is 0 Å². The van der Waals surface area contributed by atoms with Crippen molar-refractivity contribution in [2.45, 2.75) is 6.36 Å². The smallest absolute Gasteiger partial charge is 0.292 e. The molecule has 7 heteroatoms. The topological polar surface area (TPSA) is 58.0 Å². The second-order valence-electron chi connectivity index (χ2n) is 1.25. The van der Waals surface area contributed by atoms with Gasteiger partial charge in [0, 0.05) is 11.5 Å². The number of hydrogen-bond acceptors (Lipinski definition) is 2. The molecule has 58 valence electrons. The Morgan fingerprint density at radius 1 is 1.50 bits per heavy atom. The first-order chi connectivity index (χ1) is 4.56. The first-order valence-electron chi connectivity index (χ1n) is 2.28. The van der Waals surface area contributed by atoms with Crippen LogP contribution in [0.25, 0.3) is 10.4 Å². The number of alkyl halides is 3. The molecular weight excluding hydrogens is 151 g/mol. The van der Waals surface area contributed by atoms with Crippen LogP contribution in [0.15, 0.2) is 5.11 Å². The van der Waals surface area contributed by atoms with Gasteiger partial charge in [-0.15, -0.1) is 13.2 Å². The number of hydrogen-bond donors (Lipinski definition) is 0. The van der Waals surface area contributed by atoms with Crippen LogP contribution in [0.2, 0.25) is 0 Å². The molecule has 0 unspecified atom stereocenters. The van der Waals surface area contributed by atoms with Crippen molar-refractivity contribution in [3.63, 3.8) is 0 Å². The molecule has 4 nitrogen and oxygen atoms in total. The highest BCUT2D eigenvalue weighted by molar-refractivity contribution is 4.44. The normalized spacial score (nSPS) is 10.7. The molecule has 0 fully saturated rings. The van der Waals surface area contributed by atoms with Crippen LogP contribution >= 0.6 is 0 Å². The van der Waals surface area contributed by atoms with E-state index in [2.05, 4.69) is 14.8 Å². The average Bonchev–Trinajstić information content (AvgIpc) is 1.78. The second-order valence-corrected chi connectivity index (χ2v) is 1.25. The minimum atomic E-state index is -4.63. The summed E-state index contributed by atoms with van der Waals surface area (Å²) in [6, 6.07) is 0. The van der Waals surface area contributed by atoms with E-state index in [9.17, 15) is 13.2 Å². The Hall–Kier alpha value is -0.940. The zero-order valence-electron chi connectivity index (χ0n) is 4.80. The molecule has 0 aromatic rings. The van der Waals surface area contributed by atoms with Gasteiger partial charge in [0.05, 0.1) is 6.61 Å². The van der Waals surface area contributed by atoms with Crippen molar-refractivity contribution in [2.24, 2.45) is 5.11 Å². The van der Waals surface area contributed by atoms with Crippen LogP contribution in [0.3, 0.4) is 0 Å². The maximum atomic E-state index is 11.1. The summed E-state index contributed by atoms with van der Waals surface area (Å²) in [5.41, 5.74) is 7.62. The first kappa shape index (κ1) is 9.06. The first-order valence-corrected chi connectivity index (χ1v) is 2.28. The summed E-state index contributed by atoms with van der Waals surface area (Å²) in [4.78, 5) is 2.23. The minimum Gasteiger partial charge on any atom is -0.292 e. The molecule has 0 spiro atoms. The fraction of sp³-hybridized carbons (Fsp3) is 1.00. The third kappa shape index (κ3) is 7.06. The zero-order chi connectivity index (χ0) is 8.04. The number of ether oxygens (including phenoxy) is 1. The van der Waals surface area contributed by atoms with E-state index in [4.69, 9.17) is 5.53 Å². The number of nitrogens with zero attached hydrogens (tertiary/aromatic N) is 3. The Morgan fingerprint density at radius 2 is 2.10 bits per heavy atom. The van der Waals surface area contributed by atoms with Gasteiger partial charge >= 0.3 is 6.36 Å². The molecule has 0 N–H and O–H groups in total. The van der Waals surface area contributed by atoms with Gasteiger partial charge in [0.1, 0.15) is 0 Å². The maximum Gasteiger partial charge on any atom is 0.522 e. The van der Waals surface area contributed by atoms with E-state index in [1.165, 1.54) is 0 Å². The van der Waals surface area contributed by atoms with Crippen LogP contribution in [0.1, 0.15) is 0 Å². The summed E-state index contributed by atoms with van der Waals surface area (Å²) in [5, 5.41) is 2.83. The van der Waals surface area contributed by atoms with E-state index in [-0.39, 0.29) is 6.54 Å². The van der Waals surface area contributed by atoms with Gasteiger partial charge in [0.2, 0.25) is 0 Å². The predicted molar refractivity (Wildman–Crippen MR) is 26.0 cm³/mol. The molecular formula is C3H4F3N3O. The Morgan fingerprint density at radius 3 is 2.50 bits per heavy atom. The molecule has 0 radical (unpaired) electrons. The van der Waals surface area contributed by atoms with E-state index in [0.29, 0.717) is 0 Å². The quantitative estimate of drug-likeness (QED) is 0.265. The highest BCUT2D eigenvalue weighted by Gasteiger charge is 2.28. The Kier molecular flexibility index (Phi) is 3.60. The summed E-state index contributed by atoms with van der Waals surface area (Å²) in [7, 11) is 0. The van der Waals surface area contributed by atoms with E-state index in [1.807, 2.05) is 0 Å². The highest BCUT2D eigenvalue weighted by Crippen LogP contribution is 2.15. The zero-order valence-corrected chi connectivity index (χ0v) is 4.80. The lowest BCUT2D eigenvalue weighted by atomic mass is 10.7. The molecule has 0 aromatic carbocycles. The Balaban J connectivity index is 3.28. The number of halogens is 3. The molecule has 0 saturated carbocycles. The molecule has 0 atom stereocenters.